The molecule has 2 saturated heterocycles. The van der Waals surface area contributed by atoms with E-state index >= 15 is 0 Å². The van der Waals surface area contributed by atoms with Crippen molar-refractivity contribution >= 4 is 5.82 Å². The van der Waals surface area contributed by atoms with Crippen molar-refractivity contribution in [3.63, 3.8) is 0 Å². The van der Waals surface area contributed by atoms with Gasteiger partial charge in [-0.1, -0.05) is 0 Å². The third kappa shape index (κ3) is 3.75. The van der Waals surface area contributed by atoms with Gasteiger partial charge in [-0.3, -0.25) is 0 Å². The molecule has 3 unspecified atom stereocenters. The Morgan fingerprint density at radius 1 is 1.12 bits per heavy atom. The lowest BCUT2D eigenvalue weighted by molar-refractivity contribution is 0.171. The van der Waals surface area contributed by atoms with E-state index in [-0.39, 0.29) is 23.4 Å². The van der Waals surface area contributed by atoms with Gasteiger partial charge in [-0.2, -0.15) is 0 Å². The van der Waals surface area contributed by atoms with E-state index < -0.39 is 0 Å². The third-order valence-electron chi connectivity index (χ3n) is 7.12. The minimum absolute atomic E-state index is 0.0206. The van der Waals surface area contributed by atoms with Crippen molar-refractivity contribution in [1.82, 2.24) is 30.2 Å². The molecule has 1 spiro atoms. The van der Waals surface area contributed by atoms with E-state index in [1.807, 2.05) is 6.20 Å². The maximum Gasteiger partial charge on any atom is 0.197 e. The smallest absolute Gasteiger partial charge is 0.197 e. The van der Waals surface area contributed by atoms with E-state index in [4.69, 9.17) is 14.7 Å². The molecule has 9 heteroatoms. The van der Waals surface area contributed by atoms with E-state index in [0.29, 0.717) is 24.0 Å². The van der Waals surface area contributed by atoms with Gasteiger partial charge in [-0.15, -0.1) is 0 Å². The Balaban J connectivity index is 1.26. The fourth-order valence-corrected chi connectivity index (χ4v) is 5.30. The molecule has 0 radical (unpaired) electrons. The molecule has 170 valence electrons. The number of hydrogen-bond acceptors (Lipinski definition) is 8. The number of aromatic nitrogens is 5. The summed E-state index contributed by atoms with van der Waals surface area (Å²) in [4.78, 5) is 24.8. The lowest BCUT2D eigenvalue weighted by Gasteiger charge is -2.35. The van der Waals surface area contributed by atoms with Gasteiger partial charge in [0, 0.05) is 55.3 Å². The molecule has 3 aromatic heterocycles. The summed E-state index contributed by atoms with van der Waals surface area (Å²) in [5.74, 6) is 1.44. The quantitative estimate of drug-likeness (QED) is 0.655. The van der Waals surface area contributed by atoms with Crippen molar-refractivity contribution in [2.75, 3.05) is 24.7 Å². The van der Waals surface area contributed by atoms with Crippen molar-refractivity contribution in [2.45, 2.75) is 50.2 Å². The highest BCUT2D eigenvalue weighted by Crippen LogP contribution is 2.39. The van der Waals surface area contributed by atoms with Gasteiger partial charge in [0.15, 0.2) is 11.6 Å². The Labute approximate surface area is 191 Å². The number of fused-ring (bicyclic) bond motifs is 1. The largest absolute Gasteiger partial charge is 0.379 e. The number of anilines is 1. The topological polar surface area (TPSA) is 89.0 Å². The summed E-state index contributed by atoms with van der Waals surface area (Å²) in [7, 11) is 0. The van der Waals surface area contributed by atoms with Crippen LogP contribution >= 0.6 is 0 Å². The lowest BCUT2D eigenvalue weighted by atomic mass is 9.97. The van der Waals surface area contributed by atoms with Gasteiger partial charge < -0.3 is 15.0 Å². The summed E-state index contributed by atoms with van der Waals surface area (Å²) in [5.41, 5.74) is 2.79. The summed E-state index contributed by atoms with van der Waals surface area (Å²) in [6, 6.07) is 4.89. The minimum Gasteiger partial charge on any atom is -0.379 e. The molecule has 3 aliphatic rings. The van der Waals surface area contributed by atoms with Crippen LogP contribution in [0.2, 0.25) is 0 Å². The second-order valence-electron chi connectivity index (χ2n) is 9.17. The molecule has 6 heterocycles. The minimum atomic E-state index is -0.258. The molecule has 0 saturated carbocycles. The SMILES string of the molecule is CC1c2cnc(-c3ncccn3)nc2CCN1c1cc(F)cc(C2CCC3(CCOC3)N2)n1. The maximum absolute atomic E-state index is 14.7. The standard InChI is InChI=1S/C24H26FN7O/c1-15-17-13-28-23(22-26-7-2-8-27-22)30-18(17)4-9-32(15)21-12-16(25)11-20(29-21)19-3-5-24(31-19)6-10-33-14-24/h2,7-8,11-13,15,19,31H,3-6,9-10,14H2,1H3. The van der Waals surface area contributed by atoms with E-state index in [0.717, 1.165) is 55.8 Å². The predicted molar refractivity (Wildman–Crippen MR) is 120 cm³/mol. The molecule has 3 atom stereocenters. The molecular weight excluding hydrogens is 421 g/mol. The number of nitrogens with one attached hydrogen (secondary N) is 1. The molecule has 3 aromatic rings. The van der Waals surface area contributed by atoms with Crippen LogP contribution in [0.15, 0.2) is 36.8 Å². The van der Waals surface area contributed by atoms with Crippen molar-refractivity contribution < 1.29 is 9.13 Å². The first-order valence-corrected chi connectivity index (χ1v) is 11.5. The van der Waals surface area contributed by atoms with Crippen LogP contribution in [0, 0.1) is 5.82 Å². The van der Waals surface area contributed by atoms with Crippen LogP contribution in [-0.2, 0) is 11.2 Å². The first kappa shape index (κ1) is 20.6. The Morgan fingerprint density at radius 2 is 2.00 bits per heavy atom. The summed E-state index contributed by atoms with van der Waals surface area (Å²) < 4.78 is 20.3. The first-order chi connectivity index (χ1) is 16.1. The number of pyridine rings is 1. The van der Waals surface area contributed by atoms with Crippen molar-refractivity contribution in [3.8, 4) is 11.6 Å². The zero-order valence-electron chi connectivity index (χ0n) is 18.5. The highest BCUT2D eigenvalue weighted by Gasteiger charge is 2.42. The van der Waals surface area contributed by atoms with E-state index in [2.05, 4.69) is 32.1 Å². The first-order valence-electron chi connectivity index (χ1n) is 11.5. The fourth-order valence-electron chi connectivity index (χ4n) is 5.30. The Kier molecular flexibility index (Phi) is 5.03. The third-order valence-corrected chi connectivity index (χ3v) is 7.12. The maximum atomic E-state index is 14.7. The Bertz CT molecular complexity index is 1170. The average molecular weight is 448 g/mol. The second kappa shape index (κ2) is 8.07. The highest BCUT2D eigenvalue weighted by molar-refractivity contribution is 5.49. The number of hydrogen-bond donors (Lipinski definition) is 1. The summed E-state index contributed by atoms with van der Waals surface area (Å²) in [6.45, 7) is 4.30. The monoisotopic (exact) mass is 447 g/mol. The van der Waals surface area contributed by atoms with Crippen molar-refractivity contribution in [2.24, 2.45) is 0 Å². The average Bonchev–Trinajstić information content (AvgIpc) is 3.49. The Hall–Kier alpha value is -3.04. The van der Waals surface area contributed by atoms with E-state index in [1.165, 1.54) is 6.07 Å². The predicted octanol–water partition coefficient (Wildman–Crippen LogP) is 3.18. The second-order valence-corrected chi connectivity index (χ2v) is 9.17. The van der Waals surface area contributed by atoms with Gasteiger partial charge in [0.25, 0.3) is 0 Å². The fraction of sp³-hybridized carbons (Fsp3) is 0.458. The van der Waals surface area contributed by atoms with Gasteiger partial charge in [0.1, 0.15) is 11.6 Å². The van der Waals surface area contributed by atoms with Gasteiger partial charge in [0.05, 0.1) is 30.1 Å². The molecule has 3 aliphatic heterocycles. The van der Waals surface area contributed by atoms with E-state index in [1.54, 1.807) is 24.5 Å². The molecule has 0 bridgehead atoms. The van der Waals surface area contributed by atoms with Crippen LogP contribution in [0.25, 0.3) is 11.6 Å². The van der Waals surface area contributed by atoms with Gasteiger partial charge in [-0.25, -0.2) is 29.3 Å². The van der Waals surface area contributed by atoms with Crippen molar-refractivity contribution in [3.05, 3.63) is 59.6 Å². The molecule has 8 nitrogen and oxygen atoms in total. The number of rotatable bonds is 3. The van der Waals surface area contributed by atoms with Crippen LogP contribution in [0.3, 0.4) is 0 Å². The van der Waals surface area contributed by atoms with Crippen LogP contribution < -0.4 is 10.2 Å². The number of halogens is 1. The van der Waals surface area contributed by atoms with E-state index in [9.17, 15) is 4.39 Å². The molecule has 0 amide bonds. The summed E-state index contributed by atoms with van der Waals surface area (Å²) in [5, 5.41) is 3.68. The summed E-state index contributed by atoms with van der Waals surface area (Å²) >= 11 is 0. The van der Waals surface area contributed by atoms with Crippen molar-refractivity contribution in [1.29, 1.82) is 0 Å². The van der Waals surface area contributed by atoms with Crippen LogP contribution in [-0.4, -0.2) is 50.2 Å². The summed E-state index contributed by atoms with van der Waals surface area (Å²) in [6.07, 6.45) is 8.90. The molecule has 6 rings (SSSR count). The zero-order valence-corrected chi connectivity index (χ0v) is 18.5. The van der Waals surface area contributed by atoms with Crippen LogP contribution in [0.1, 0.15) is 55.2 Å². The van der Waals surface area contributed by atoms with Gasteiger partial charge in [0.2, 0.25) is 0 Å². The molecule has 0 aliphatic carbocycles. The molecule has 2 fully saturated rings. The lowest BCUT2D eigenvalue weighted by Crippen LogP contribution is -2.41. The van der Waals surface area contributed by atoms with Gasteiger partial charge in [-0.05, 0) is 38.3 Å². The van der Waals surface area contributed by atoms with Gasteiger partial charge >= 0.3 is 0 Å². The highest BCUT2D eigenvalue weighted by atomic mass is 19.1. The number of nitrogens with zero attached hydrogens (tertiary/aromatic N) is 6. The molecular formula is C24H26FN7O. The number of ether oxygens (including phenoxy) is 1. The normalized spacial score (nSPS) is 26.7. The molecule has 0 aromatic carbocycles. The zero-order chi connectivity index (χ0) is 22.4. The Morgan fingerprint density at radius 3 is 2.82 bits per heavy atom. The van der Waals surface area contributed by atoms with Crippen LogP contribution in [0.5, 0.6) is 0 Å². The van der Waals surface area contributed by atoms with Crippen LogP contribution in [0.4, 0.5) is 10.2 Å². The molecule has 33 heavy (non-hydrogen) atoms. The molecule has 1 N–H and O–H groups in total.